The lowest BCUT2D eigenvalue weighted by Crippen LogP contribution is -2.40. The second kappa shape index (κ2) is 10.1. The minimum Gasteiger partial charge on any atom is -0.355 e. The summed E-state index contributed by atoms with van der Waals surface area (Å²) in [7, 11) is 1.81. The summed E-state index contributed by atoms with van der Waals surface area (Å²) < 4.78 is 2.18. The molecular formula is C21H25IN6S. The normalized spacial score (nSPS) is 14.7. The van der Waals surface area contributed by atoms with E-state index in [1.807, 2.05) is 41.8 Å². The van der Waals surface area contributed by atoms with Crippen molar-refractivity contribution in [3.8, 4) is 5.82 Å². The van der Waals surface area contributed by atoms with Gasteiger partial charge >= 0.3 is 0 Å². The number of benzene rings is 1. The Labute approximate surface area is 192 Å². The van der Waals surface area contributed by atoms with Gasteiger partial charge in [-0.3, -0.25) is 9.56 Å². The van der Waals surface area contributed by atoms with Crippen LogP contribution in [0.25, 0.3) is 5.82 Å². The van der Waals surface area contributed by atoms with Crippen LogP contribution in [-0.4, -0.2) is 38.8 Å². The minimum atomic E-state index is 0. The first-order chi connectivity index (χ1) is 13.8. The van der Waals surface area contributed by atoms with Gasteiger partial charge in [0.1, 0.15) is 12.1 Å². The monoisotopic (exact) mass is 520 g/mol. The number of halogens is 1. The van der Waals surface area contributed by atoms with E-state index in [0.717, 1.165) is 23.9 Å². The number of aliphatic imine (C=N–C) groups is 1. The predicted octanol–water partition coefficient (Wildman–Crippen LogP) is 3.88. The van der Waals surface area contributed by atoms with Gasteiger partial charge in [0.25, 0.3) is 0 Å². The first-order valence-electron chi connectivity index (χ1n) is 9.38. The molecule has 8 heteroatoms. The Bertz CT molecular complexity index is 925. The van der Waals surface area contributed by atoms with Gasteiger partial charge < -0.3 is 10.6 Å². The van der Waals surface area contributed by atoms with Crippen molar-refractivity contribution in [3.05, 3.63) is 72.9 Å². The molecule has 1 aromatic carbocycles. The number of nitrogens with zero attached hydrogens (tertiary/aromatic N) is 4. The molecule has 0 spiro atoms. The maximum absolute atomic E-state index is 4.39. The Morgan fingerprint density at radius 3 is 2.69 bits per heavy atom. The summed E-state index contributed by atoms with van der Waals surface area (Å²) in [5.74, 6) is 1.68. The van der Waals surface area contributed by atoms with E-state index in [0.29, 0.717) is 6.54 Å². The van der Waals surface area contributed by atoms with Crippen molar-refractivity contribution < 1.29 is 0 Å². The van der Waals surface area contributed by atoms with Gasteiger partial charge in [0, 0.05) is 48.4 Å². The number of nitrogens with one attached hydrogen (secondary N) is 2. The lowest BCUT2D eigenvalue weighted by Gasteiger charge is -2.18. The van der Waals surface area contributed by atoms with Crippen LogP contribution in [-0.2, 0) is 6.54 Å². The number of imidazole rings is 1. The van der Waals surface area contributed by atoms with E-state index in [4.69, 9.17) is 0 Å². The van der Waals surface area contributed by atoms with Crippen LogP contribution in [0, 0.1) is 0 Å². The summed E-state index contributed by atoms with van der Waals surface area (Å²) in [6, 6.07) is 14.7. The standard InChI is InChI=1S/C21H24N6S.HI/c1-22-20(26-15-21(8-9-21)28-18-5-3-2-4-6-18)25-14-17-7-10-24-19(13-17)27-12-11-23-16-27;/h2-7,10-13,16H,8-9,14-15H2,1H3,(H2,22,25,26);1H. The Kier molecular flexibility index (Phi) is 7.54. The van der Waals surface area contributed by atoms with Gasteiger partial charge in [-0.2, -0.15) is 0 Å². The predicted molar refractivity (Wildman–Crippen MR) is 129 cm³/mol. The number of guanidine groups is 1. The molecule has 2 N–H and O–H groups in total. The molecule has 0 atom stereocenters. The van der Waals surface area contributed by atoms with Crippen LogP contribution in [0.4, 0.5) is 0 Å². The van der Waals surface area contributed by atoms with E-state index in [1.165, 1.54) is 17.7 Å². The van der Waals surface area contributed by atoms with Gasteiger partial charge in [-0.05, 0) is 42.7 Å². The van der Waals surface area contributed by atoms with Gasteiger partial charge in [-0.1, -0.05) is 18.2 Å². The Hall–Kier alpha value is -2.07. The first kappa shape index (κ1) is 21.6. The molecule has 152 valence electrons. The molecule has 0 radical (unpaired) electrons. The van der Waals surface area contributed by atoms with Crippen molar-refractivity contribution >= 4 is 41.7 Å². The molecule has 2 heterocycles. The molecule has 0 saturated heterocycles. The summed E-state index contributed by atoms with van der Waals surface area (Å²) >= 11 is 1.96. The van der Waals surface area contributed by atoms with E-state index in [-0.39, 0.29) is 28.7 Å². The summed E-state index contributed by atoms with van der Waals surface area (Å²) in [6.07, 6.45) is 9.67. The molecular weight excluding hydrogens is 495 g/mol. The summed E-state index contributed by atoms with van der Waals surface area (Å²) in [5, 5.41) is 6.89. The molecule has 0 aliphatic heterocycles. The second-order valence-corrected chi connectivity index (χ2v) is 8.41. The number of aromatic nitrogens is 3. The zero-order chi connectivity index (χ0) is 19.2. The van der Waals surface area contributed by atoms with Gasteiger partial charge in [0.05, 0.1) is 0 Å². The molecule has 1 aliphatic rings. The maximum Gasteiger partial charge on any atom is 0.191 e. The Balaban J connectivity index is 0.00000240. The second-order valence-electron chi connectivity index (χ2n) is 6.87. The highest BCUT2D eigenvalue weighted by Crippen LogP contribution is 2.51. The fourth-order valence-corrected chi connectivity index (χ4v) is 4.19. The van der Waals surface area contributed by atoms with E-state index in [9.17, 15) is 0 Å². The van der Waals surface area contributed by atoms with E-state index >= 15 is 0 Å². The molecule has 3 aromatic rings. The number of hydrogen-bond donors (Lipinski definition) is 2. The van der Waals surface area contributed by atoms with Crippen molar-refractivity contribution in [2.45, 2.75) is 29.0 Å². The topological polar surface area (TPSA) is 67.1 Å². The molecule has 0 bridgehead atoms. The summed E-state index contributed by atoms with van der Waals surface area (Å²) in [6.45, 7) is 1.59. The van der Waals surface area contributed by atoms with Crippen molar-refractivity contribution in [1.29, 1.82) is 0 Å². The van der Waals surface area contributed by atoms with Crippen molar-refractivity contribution in [2.24, 2.45) is 4.99 Å². The SMILES string of the molecule is CN=C(NCc1ccnc(-n2ccnc2)c1)NCC1(Sc2ccccc2)CC1.I. The van der Waals surface area contributed by atoms with E-state index in [1.54, 1.807) is 12.5 Å². The first-order valence-corrected chi connectivity index (χ1v) is 10.2. The maximum atomic E-state index is 4.39. The van der Waals surface area contributed by atoms with Crippen LogP contribution in [0.2, 0.25) is 0 Å². The molecule has 1 aliphatic carbocycles. The zero-order valence-electron chi connectivity index (χ0n) is 16.3. The van der Waals surface area contributed by atoms with Crippen LogP contribution < -0.4 is 10.6 Å². The molecule has 0 amide bonds. The Morgan fingerprint density at radius 2 is 2.00 bits per heavy atom. The highest BCUT2D eigenvalue weighted by molar-refractivity contribution is 14.0. The zero-order valence-corrected chi connectivity index (χ0v) is 19.4. The number of hydrogen-bond acceptors (Lipinski definition) is 4. The average Bonchev–Trinajstić information content (AvgIpc) is 3.27. The van der Waals surface area contributed by atoms with Crippen LogP contribution in [0.3, 0.4) is 0 Å². The Morgan fingerprint density at radius 1 is 1.17 bits per heavy atom. The van der Waals surface area contributed by atoms with Crippen LogP contribution in [0.15, 0.2) is 77.3 Å². The quantitative estimate of drug-likeness (QED) is 0.281. The largest absolute Gasteiger partial charge is 0.355 e. The lowest BCUT2D eigenvalue weighted by molar-refractivity contribution is 0.765. The van der Waals surface area contributed by atoms with Gasteiger partial charge in [0.2, 0.25) is 0 Å². The van der Waals surface area contributed by atoms with Crippen molar-refractivity contribution in [2.75, 3.05) is 13.6 Å². The van der Waals surface area contributed by atoms with E-state index in [2.05, 4.69) is 62.0 Å². The average molecular weight is 520 g/mol. The van der Waals surface area contributed by atoms with Crippen LogP contribution >= 0.6 is 35.7 Å². The lowest BCUT2D eigenvalue weighted by atomic mass is 10.2. The minimum absolute atomic E-state index is 0. The molecule has 0 unspecified atom stereocenters. The van der Waals surface area contributed by atoms with E-state index < -0.39 is 0 Å². The van der Waals surface area contributed by atoms with Crippen LogP contribution in [0.5, 0.6) is 0 Å². The third kappa shape index (κ3) is 5.96. The third-order valence-corrected chi connectivity index (χ3v) is 6.22. The van der Waals surface area contributed by atoms with Crippen LogP contribution in [0.1, 0.15) is 18.4 Å². The molecule has 1 fully saturated rings. The molecule has 6 nitrogen and oxygen atoms in total. The molecule has 4 rings (SSSR count). The van der Waals surface area contributed by atoms with Crippen molar-refractivity contribution in [3.63, 3.8) is 0 Å². The smallest absolute Gasteiger partial charge is 0.191 e. The molecule has 29 heavy (non-hydrogen) atoms. The molecule has 2 aromatic heterocycles. The van der Waals surface area contributed by atoms with Gasteiger partial charge in [-0.25, -0.2) is 9.97 Å². The summed E-state index contributed by atoms with van der Waals surface area (Å²) in [5.41, 5.74) is 1.14. The number of thioether (sulfide) groups is 1. The highest BCUT2D eigenvalue weighted by Gasteiger charge is 2.43. The number of pyridine rings is 1. The molecule has 1 saturated carbocycles. The van der Waals surface area contributed by atoms with Gasteiger partial charge in [-0.15, -0.1) is 35.7 Å². The number of rotatable bonds is 7. The fraction of sp³-hybridized carbons (Fsp3) is 0.286. The summed E-state index contributed by atoms with van der Waals surface area (Å²) in [4.78, 5) is 14.2. The van der Waals surface area contributed by atoms with Gasteiger partial charge in [0.15, 0.2) is 5.96 Å². The third-order valence-electron chi connectivity index (χ3n) is 4.73. The fourth-order valence-electron chi connectivity index (χ4n) is 2.95. The van der Waals surface area contributed by atoms with Crippen molar-refractivity contribution in [1.82, 2.24) is 25.2 Å². The highest BCUT2D eigenvalue weighted by atomic mass is 127.